The number of halogens is 4. The van der Waals surface area contributed by atoms with Gasteiger partial charge in [0.05, 0.1) is 11.8 Å². The number of nitrogen functional groups attached to an aromatic ring is 1. The molecule has 0 radical (unpaired) electrons. The summed E-state index contributed by atoms with van der Waals surface area (Å²) in [7, 11) is 1.00. The summed E-state index contributed by atoms with van der Waals surface area (Å²) < 4.78 is 51.2. The molecule has 0 amide bonds. The summed E-state index contributed by atoms with van der Waals surface area (Å²) in [4.78, 5) is 0. The Kier molecular flexibility index (Phi) is 8.49. The average molecular weight is 339 g/mol. The first-order valence-electron chi connectivity index (χ1n) is 6.37. The first-order chi connectivity index (χ1) is 10.8. The van der Waals surface area contributed by atoms with Gasteiger partial charge in [0.15, 0.2) is 5.69 Å². The zero-order chi connectivity index (χ0) is 18.0. The number of aromatic amines is 1. The molecule has 23 heavy (non-hydrogen) atoms. The molecule has 1 unspecified atom stereocenters. The molecule has 0 aliphatic rings. The summed E-state index contributed by atoms with van der Waals surface area (Å²) in [6.07, 6.45) is -2.11. The van der Waals surface area contributed by atoms with Gasteiger partial charge in [0, 0.05) is 26.2 Å². The van der Waals surface area contributed by atoms with Crippen LogP contribution in [0.5, 0.6) is 0 Å². The lowest BCUT2D eigenvalue weighted by atomic mass is 10.1. The molecule has 7 N–H and O–H groups in total. The molecule has 7 nitrogen and oxygen atoms in total. The number of anilines is 1. The van der Waals surface area contributed by atoms with Crippen molar-refractivity contribution in [2.24, 2.45) is 5.73 Å². The SMILES string of the molecule is CO.N#CCCC(/C(=C/N)NCC(F)(F)F)[n+]1cc(N)c(F)[nH]1. The molecule has 0 spiro atoms. The smallest absolute Gasteiger partial charge is 0.403 e. The molecule has 1 heterocycles. The van der Waals surface area contributed by atoms with E-state index in [2.05, 4.69) is 10.4 Å². The minimum Gasteiger partial charge on any atom is -0.403 e. The van der Waals surface area contributed by atoms with Gasteiger partial charge in [-0.25, -0.2) is 0 Å². The van der Waals surface area contributed by atoms with Crippen LogP contribution in [0.15, 0.2) is 18.1 Å². The van der Waals surface area contributed by atoms with Crippen molar-refractivity contribution in [2.45, 2.75) is 25.1 Å². The molecule has 1 rings (SSSR count). The first kappa shape index (κ1) is 20.5. The highest BCUT2D eigenvalue weighted by Crippen LogP contribution is 2.18. The monoisotopic (exact) mass is 339 g/mol. The van der Waals surface area contributed by atoms with E-state index in [-0.39, 0.29) is 24.2 Å². The maximum absolute atomic E-state index is 13.2. The van der Waals surface area contributed by atoms with Crippen LogP contribution in [0.3, 0.4) is 0 Å². The summed E-state index contributed by atoms with van der Waals surface area (Å²) in [6, 6.07) is 1.08. The number of H-pyrrole nitrogens is 1. The van der Waals surface area contributed by atoms with Crippen LogP contribution in [0.2, 0.25) is 0 Å². The van der Waals surface area contributed by atoms with Gasteiger partial charge < -0.3 is 21.9 Å². The molecular weight excluding hydrogens is 320 g/mol. The van der Waals surface area contributed by atoms with Gasteiger partial charge in [0.25, 0.3) is 5.95 Å². The third kappa shape index (κ3) is 6.88. The molecule has 1 atom stereocenters. The Balaban J connectivity index is 0.00000232. The first-order valence-corrected chi connectivity index (χ1v) is 6.37. The van der Waals surface area contributed by atoms with Crippen molar-refractivity contribution in [1.82, 2.24) is 10.4 Å². The summed E-state index contributed by atoms with van der Waals surface area (Å²) in [5, 5.41) is 20.0. The number of rotatable bonds is 6. The summed E-state index contributed by atoms with van der Waals surface area (Å²) in [5.41, 5.74) is 10.5. The highest BCUT2D eigenvalue weighted by molar-refractivity contribution is 5.29. The Morgan fingerprint density at radius 1 is 1.57 bits per heavy atom. The highest BCUT2D eigenvalue weighted by Gasteiger charge is 2.32. The number of hydrogen-bond acceptors (Lipinski definition) is 5. The highest BCUT2D eigenvalue weighted by atomic mass is 19.4. The van der Waals surface area contributed by atoms with E-state index in [1.807, 2.05) is 6.07 Å². The lowest BCUT2D eigenvalue weighted by Crippen LogP contribution is -2.46. The van der Waals surface area contributed by atoms with Gasteiger partial charge in [-0.3, -0.25) is 0 Å². The van der Waals surface area contributed by atoms with Crippen molar-refractivity contribution in [3.05, 3.63) is 24.0 Å². The fraction of sp³-hybridized carbons (Fsp3) is 0.500. The van der Waals surface area contributed by atoms with Gasteiger partial charge in [-0.2, -0.15) is 22.8 Å². The van der Waals surface area contributed by atoms with E-state index in [1.165, 1.54) is 10.9 Å². The molecule has 0 fully saturated rings. The summed E-state index contributed by atoms with van der Waals surface area (Å²) >= 11 is 0. The van der Waals surface area contributed by atoms with Gasteiger partial charge in [-0.1, -0.05) is 0 Å². The van der Waals surface area contributed by atoms with Crippen LogP contribution < -0.4 is 21.5 Å². The molecule has 1 aromatic heterocycles. The standard InChI is InChI=1S/C11H14F4N6.CH4O/c12-10-7(18)5-21(20-10)9(2-1-3-16)8(4-17)19-6-11(13,14)15;1-2/h4-5,9,19H,1-2,6,17-18H2;2H,1H3/p+1/b8-4-;. The van der Waals surface area contributed by atoms with Gasteiger partial charge in [-0.15, -0.1) is 9.78 Å². The Morgan fingerprint density at radius 3 is 2.57 bits per heavy atom. The lowest BCUT2D eigenvalue weighted by Gasteiger charge is -2.16. The predicted molar refractivity (Wildman–Crippen MR) is 73.7 cm³/mol. The topological polar surface area (TPSA) is 128 Å². The second-order valence-corrected chi connectivity index (χ2v) is 4.22. The van der Waals surface area contributed by atoms with Gasteiger partial charge >= 0.3 is 6.18 Å². The van der Waals surface area contributed by atoms with E-state index >= 15 is 0 Å². The molecule has 0 saturated carbocycles. The Bertz CT molecular complexity index is 529. The fourth-order valence-electron chi connectivity index (χ4n) is 1.72. The van der Waals surface area contributed by atoms with E-state index in [9.17, 15) is 17.6 Å². The number of aliphatic hydroxyl groups excluding tert-OH is 1. The molecule has 130 valence electrons. The quantitative estimate of drug-likeness (QED) is 0.379. The number of nitriles is 1. The molecule has 0 aromatic carbocycles. The van der Waals surface area contributed by atoms with Gasteiger partial charge in [-0.05, 0) is 0 Å². The van der Waals surface area contributed by atoms with Gasteiger partial charge in [0.2, 0.25) is 12.2 Å². The van der Waals surface area contributed by atoms with E-state index in [0.29, 0.717) is 0 Å². The number of aromatic nitrogens is 2. The predicted octanol–water partition coefficient (Wildman–Crippen LogP) is 0.429. The fourth-order valence-corrected chi connectivity index (χ4v) is 1.72. The summed E-state index contributed by atoms with van der Waals surface area (Å²) in [5.74, 6) is -0.816. The molecule has 0 aliphatic carbocycles. The number of nitrogens with zero attached hydrogens (tertiary/aromatic N) is 2. The Labute approximate surface area is 130 Å². The zero-order valence-corrected chi connectivity index (χ0v) is 12.4. The van der Waals surface area contributed by atoms with Crippen LogP contribution in [0.1, 0.15) is 18.9 Å². The second-order valence-electron chi connectivity index (χ2n) is 4.22. The number of nitrogens with two attached hydrogens (primary N) is 2. The molecule has 0 aliphatic heterocycles. The normalized spacial score (nSPS) is 12.8. The van der Waals surface area contributed by atoms with Crippen molar-refractivity contribution < 1.29 is 27.3 Å². The Hall–Kier alpha value is -2.48. The third-order valence-corrected chi connectivity index (χ3v) is 2.66. The minimum atomic E-state index is -4.43. The molecule has 0 saturated heterocycles. The lowest BCUT2D eigenvalue weighted by molar-refractivity contribution is -0.768. The largest absolute Gasteiger partial charge is 0.405 e. The number of alkyl halides is 3. The molecule has 1 aromatic rings. The van der Waals surface area contributed by atoms with E-state index < -0.39 is 24.7 Å². The minimum absolute atomic E-state index is 0.00817. The number of allylic oxidation sites excluding steroid dienone is 1. The molecule has 11 heteroatoms. The number of nitrogens with one attached hydrogen (secondary N) is 2. The van der Waals surface area contributed by atoms with Crippen molar-refractivity contribution in [2.75, 3.05) is 19.4 Å². The number of hydrogen-bond donors (Lipinski definition) is 5. The zero-order valence-electron chi connectivity index (χ0n) is 12.4. The number of aliphatic hydroxyl groups is 1. The molecule has 0 bridgehead atoms. The Morgan fingerprint density at radius 2 is 2.17 bits per heavy atom. The third-order valence-electron chi connectivity index (χ3n) is 2.66. The summed E-state index contributed by atoms with van der Waals surface area (Å²) in [6.45, 7) is -1.29. The van der Waals surface area contributed by atoms with Crippen LogP contribution in [-0.4, -0.2) is 30.0 Å². The van der Waals surface area contributed by atoms with Crippen LogP contribution in [0, 0.1) is 17.3 Å². The van der Waals surface area contributed by atoms with Gasteiger partial charge in [0.1, 0.15) is 6.54 Å². The maximum atomic E-state index is 13.2. The van der Waals surface area contributed by atoms with Crippen molar-refractivity contribution in [3.8, 4) is 6.07 Å². The van der Waals surface area contributed by atoms with Crippen LogP contribution >= 0.6 is 0 Å². The van der Waals surface area contributed by atoms with Crippen LogP contribution in [0.25, 0.3) is 0 Å². The van der Waals surface area contributed by atoms with Crippen LogP contribution in [-0.2, 0) is 0 Å². The van der Waals surface area contributed by atoms with Crippen LogP contribution in [0.4, 0.5) is 23.2 Å². The van der Waals surface area contributed by atoms with E-state index in [0.717, 1.165) is 13.3 Å². The van der Waals surface area contributed by atoms with Crippen molar-refractivity contribution >= 4 is 5.69 Å². The van der Waals surface area contributed by atoms with E-state index in [1.54, 1.807) is 0 Å². The second kappa shape index (κ2) is 9.52. The van der Waals surface area contributed by atoms with E-state index in [4.69, 9.17) is 21.8 Å². The van der Waals surface area contributed by atoms with Crippen molar-refractivity contribution in [1.29, 1.82) is 5.26 Å². The maximum Gasteiger partial charge on any atom is 0.405 e. The van der Waals surface area contributed by atoms with Crippen molar-refractivity contribution in [3.63, 3.8) is 0 Å². The average Bonchev–Trinajstić information content (AvgIpc) is 2.83. The molecular formula is C12H19F4N6O+.